The molecule has 1 fully saturated rings. The van der Waals surface area contributed by atoms with Crippen LogP contribution < -0.4 is 10.5 Å². The zero-order valence-electron chi connectivity index (χ0n) is 18.0. The normalized spacial score (nSPS) is 16.2. The van der Waals surface area contributed by atoms with E-state index in [9.17, 15) is 4.79 Å². The molecule has 160 valence electrons. The van der Waals surface area contributed by atoms with Crippen molar-refractivity contribution in [3.8, 4) is 5.75 Å². The van der Waals surface area contributed by atoms with Gasteiger partial charge in [0.2, 0.25) is 5.91 Å². The first-order valence-electron chi connectivity index (χ1n) is 10.9. The molecule has 0 bridgehead atoms. The molecule has 1 amide bonds. The van der Waals surface area contributed by atoms with Gasteiger partial charge in [-0.2, -0.15) is 0 Å². The van der Waals surface area contributed by atoms with E-state index in [-0.39, 0.29) is 17.4 Å². The second kappa shape index (κ2) is 9.36. The second-order valence-corrected chi connectivity index (χ2v) is 8.42. The van der Waals surface area contributed by atoms with Gasteiger partial charge in [-0.15, -0.1) is 0 Å². The Balaban J connectivity index is 1.64. The van der Waals surface area contributed by atoms with Crippen molar-refractivity contribution in [1.29, 1.82) is 0 Å². The zero-order valence-corrected chi connectivity index (χ0v) is 18.0. The molecular formula is C27H30N2O2. The molecule has 4 rings (SSSR count). The van der Waals surface area contributed by atoms with E-state index in [2.05, 4.69) is 77.7 Å². The lowest BCUT2D eigenvalue weighted by molar-refractivity contribution is -0.119. The number of carbonyl (C=O) groups is 1. The van der Waals surface area contributed by atoms with Gasteiger partial charge < -0.3 is 10.5 Å². The van der Waals surface area contributed by atoms with Gasteiger partial charge in [-0.05, 0) is 54.8 Å². The average Bonchev–Trinajstić information content (AvgIpc) is 2.81. The van der Waals surface area contributed by atoms with Gasteiger partial charge in [-0.1, -0.05) is 72.8 Å². The lowest BCUT2D eigenvalue weighted by Crippen LogP contribution is -2.46. The van der Waals surface area contributed by atoms with Gasteiger partial charge in [0.25, 0.3) is 0 Å². The molecule has 1 aliphatic rings. The van der Waals surface area contributed by atoms with Gasteiger partial charge in [0.1, 0.15) is 5.75 Å². The molecule has 2 N–H and O–H groups in total. The van der Waals surface area contributed by atoms with Crippen LogP contribution in [0.3, 0.4) is 0 Å². The third-order valence-corrected chi connectivity index (χ3v) is 6.55. The quantitative estimate of drug-likeness (QED) is 0.610. The van der Waals surface area contributed by atoms with Crippen LogP contribution in [0.2, 0.25) is 0 Å². The number of piperidine rings is 1. The van der Waals surface area contributed by atoms with E-state index < -0.39 is 0 Å². The Bertz CT molecular complexity index is 957. The van der Waals surface area contributed by atoms with E-state index in [1.165, 1.54) is 11.1 Å². The van der Waals surface area contributed by atoms with Crippen molar-refractivity contribution in [3.63, 3.8) is 0 Å². The Morgan fingerprint density at radius 1 is 0.935 bits per heavy atom. The average molecular weight is 415 g/mol. The summed E-state index contributed by atoms with van der Waals surface area (Å²) < 4.78 is 5.44. The Hall–Kier alpha value is -3.11. The van der Waals surface area contributed by atoms with Crippen LogP contribution in [0.25, 0.3) is 0 Å². The number of likely N-dealkylation sites (tertiary alicyclic amines) is 1. The van der Waals surface area contributed by atoms with E-state index in [1.807, 2.05) is 12.1 Å². The van der Waals surface area contributed by atoms with E-state index in [1.54, 1.807) is 7.11 Å². The second-order valence-electron chi connectivity index (χ2n) is 8.42. The highest BCUT2D eigenvalue weighted by Gasteiger charge is 2.39. The summed E-state index contributed by atoms with van der Waals surface area (Å²) >= 11 is 0. The molecule has 0 unspecified atom stereocenters. The molecule has 0 aliphatic carbocycles. The van der Waals surface area contributed by atoms with Crippen LogP contribution in [0.4, 0.5) is 0 Å². The van der Waals surface area contributed by atoms with Crippen molar-refractivity contribution >= 4 is 5.91 Å². The highest BCUT2D eigenvalue weighted by Crippen LogP contribution is 2.42. The molecule has 31 heavy (non-hydrogen) atoms. The maximum atomic E-state index is 12.0. The smallest absolute Gasteiger partial charge is 0.218 e. The number of hydrogen-bond acceptors (Lipinski definition) is 3. The summed E-state index contributed by atoms with van der Waals surface area (Å²) in [5, 5.41) is 0. The Labute approximate surface area is 184 Å². The third kappa shape index (κ3) is 4.64. The van der Waals surface area contributed by atoms with Crippen molar-refractivity contribution in [2.24, 2.45) is 5.73 Å². The molecule has 0 spiro atoms. The van der Waals surface area contributed by atoms with E-state index >= 15 is 0 Å². The maximum Gasteiger partial charge on any atom is 0.218 e. The number of primary amides is 1. The highest BCUT2D eigenvalue weighted by molar-refractivity contribution is 5.75. The maximum absolute atomic E-state index is 12.0. The Morgan fingerprint density at radius 3 is 2.03 bits per heavy atom. The lowest BCUT2D eigenvalue weighted by atomic mass is 9.70. The molecule has 0 radical (unpaired) electrons. The monoisotopic (exact) mass is 414 g/mol. The number of hydrogen-bond donors (Lipinski definition) is 1. The first-order valence-corrected chi connectivity index (χ1v) is 10.9. The topological polar surface area (TPSA) is 55.6 Å². The fourth-order valence-electron chi connectivity index (χ4n) is 4.95. The number of amides is 1. The lowest BCUT2D eigenvalue weighted by Gasteiger charge is -2.45. The summed E-state index contributed by atoms with van der Waals surface area (Å²) in [5.41, 5.74) is 9.17. The standard InChI is InChI=1S/C27H30N2O2/c1-31-24-14-8-13-23(19-24)27(20-25(28)30)15-17-29(18-16-27)26(21-9-4-2-5-10-21)22-11-6-3-7-12-22/h2-14,19,26H,15-18,20H2,1H3,(H2,28,30). The van der Waals surface area contributed by atoms with Gasteiger partial charge in [0.05, 0.1) is 13.2 Å². The predicted octanol–water partition coefficient (Wildman–Crippen LogP) is 4.69. The first kappa shape index (κ1) is 21.1. The van der Waals surface area contributed by atoms with Crippen LogP contribution in [0, 0.1) is 0 Å². The van der Waals surface area contributed by atoms with Gasteiger partial charge in [-0.3, -0.25) is 9.69 Å². The van der Waals surface area contributed by atoms with Crippen molar-refractivity contribution in [2.75, 3.05) is 20.2 Å². The minimum atomic E-state index is -0.255. The number of nitrogens with zero attached hydrogens (tertiary/aromatic N) is 1. The van der Waals surface area contributed by atoms with Crippen molar-refractivity contribution < 1.29 is 9.53 Å². The highest BCUT2D eigenvalue weighted by atomic mass is 16.5. The molecule has 1 saturated heterocycles. The van der Waals surface area contributed by atoms with Crippen LogP contribution in [-0.2, 0) is 10.2 Å². The molecule has 1 aliphatic heterocycles. The summed E-state index contributed by atoms with van der Waals surface area (Å²) in [5.74, 6) is 0.564. The number of benzene rings is 3. The summed E-state index contributed by atoms with van der Waals surface area (Å²) in [4.78, 5) is 14.6. The fourth-order valence-corrected chi connectivity index (χ4v) is 4.95. The molecule has 4 nitrogen and oxygen atoms in total. The van der Waals surface area contributed by atoms with E-state index in [0.717, 1.165) is 37.2 Å². The van der Waals surface area contributed by atoms with Crippen LogP contribution in [-0.4, -0.2) is 31.0 Å². The van der Waals surface area contributed by atoms with Crippen LogP contribution in [0.5, 0.6) is 5.75 Å². The predicted molar refractivity (Wildman–Crippen MR) is 124 cm³/mol. The van der Waals surface area contributed by atoms with Crippen molar-refractivity contribution in [3.05, 3.63) is 102 Å². The summed E-state index contributed by atoms with van der Waals surface area (Å²) in [6.45, 7) is 1.78. The number of rotatable bonds is 7. The van der Waals surface area contributed by atoms with E-state index in [4.69, 9.17) is 10.5 Å². The molecule has 4 heteroatoms. The zero-order chi connectivity index (χ0) is 21.7. The van der Waals surface area contributed by atoms with Crippen LogP contribution in [0.1, 0.15) is 42.0 Å². The molecule has 1 heterocycles. The van der Waals surface area contributed by atoms with Gasteiger partial charge in [-0.25, -0.2) is 0 Å². The molecule has 0 saturated carbocycles. The summed E-state index contributed by atoms with van der Waals surface area (Å²) in [6.07, 6.45) is 2.11. The van der Waals surface area contributed by atoms with Crippen molar-refractivity contribution in [2.45, 2.75) is 30.7 Å². The molecule has 0 aromatic heterocycles. The molecule has 3 aromatic carbocycles. The number of ether oxygens (including phenoxy) is 1. The fraction of sp³-hybridized carbons (Fsp3) is 0.296. The Morgan fingerprint density at radius 2 is 1.52 bits per heavy atom. The molecule has 3 aromatic rings. The SMILES string of the molecule is COc1cccc(C2(CC(N)=O)CCN(C(c3ccccc3)c3ccccc3)CC2)c1. The minimum absolute atomic E-state index is 0.194. The Kier molecular flexibility index (Phi) is 6.38. The third-order valence-electron chi connectivity index (χ3n) is 6.55. The van der Waals surface area contributed by atoms with Gasteiger partial charge in [0.15, 0.2) is 0 Å². The van der Waals surface area contributed by atoms with E-state index in [0.29, 0.717) is 6.42 Å². The van der Waals surface area contributed by atoms with Gasteiger partial charge in [0, 0.05) is 11.8 Å². The van der Waals surface area contributed by atoms with Crippen molar-refractivity contribution in [1.82, 2.24) is 4.90 Å². The van der Waals surface area contributed by atoms with Crippen LogP contribution in [0.15, 0.2) is 84.9 Å². The van der Waals surface area contributed by atoms with Crippen LogP contribution >= 0.6 is 0 Å². The number of carbonyl (C=O) groups excluding carboxylic acids is 1. The summed E-state index contributed by atoms with van der Waals surface area (Å²) in [7, 11) is 1.67. The molecular weight excluding hydrogens is 384 g/mol. The van der Waals surface area contributed by atoms with Gasteiger partial charge >= 0.3 is 0 Å². The summed E-state index contributed by atoms with van der Waals surface area (Å²) in [6, 6.07) is 29.6. The first-order chi connectivity index (χ1) is 15.1. The molecule has 0 atom stereocenters. The number of methoxy groups -OCH3 is 1. The largest absolute Gasteiger partial charge is 0.497 e. The number of nitrogens with two attached hydrogens (primary N) is 1. The minimum Gasteiger partial charge on any atom is -0.497 e.